The highest BCUT2D eigenvalue weighted by molar-refractivity contribution is 6.48. The van der Waals surface area contributed by atoms with Crippen LogP contribution in [0.15, 0.2) is 36.5 Å². The molecule has 1 unspecified atom stereocenters. The van der Waals surface area contributed by atoms with Crippen LogP contribution in [0.1, 0.15) is 92.9 Å². The van der Waals surface area contributed by atoms with Crippen molar-refractivity contribution in [2.24, 2.45) is 34.5 Å². The van der Waals surface area contributed by atoms with Crippen molar-refractivity contribution in [3.63, 3.8) is 0 Å². The van der Waals surface area contributed by atoms with Crippen LogP contribution in [0.3, 0.4) is 0 Å². The maximum absolute atomic E-state index is 13.6. The molecule has 6 heteroatoms. The van der Waals surface area contributed by atoms with Crippen molar-refractivity contribution in [2.45, 2.75) is 124 Å². The highest BCUT2D eigenvalue weighted by atomic mass is 28.3. The van der Waals surface area contributed by atoms with Gasteiger partial charge in [-0.25, -0.2) is 4.79 Å². The molecule has 1 aliphatic heterocycles. The van der Waals surface area contributed by atoms with Crippen LogP contribution in [-0.4, -0.2) is 39.3 Å². The Balaban J connectivity index is 1.77. The standard InChI is InChI=1S/C33H53O5Si/c1-10-20-33(11-2,12-3)31(35)37-27-15-13-14-23-17-16-22(4)25(28(23)27)19-18-24-21-26(32(5,6)7)29(30(34)36-24)38-39(8)9/h10,14,16-17,22,24-29H,1,11-13,15,18-21H2,2-9H3/t22-,24+,25-,26-,27-,28-,29?/m0/s1. The molecule has 0 saturated carbocycles. The Morgan fingerprint density at radius 2 is 1.90 bits per heavy atom. The van der Waals surface area contributed by atoms with E-state index in [9.17, 15) is 9.59 Å². The Morgan fingerprint density at radius 1 is 1.21 bits per heavy atom. The molecule has 1 saturated heterocycles. The highest BCUT2D eigenvalue weighted by Crippen LogP contribution is 2.46. The fourth-order valence-corrected chi connectivity index (χ4v) is 7.77. The summed E-state index contributed by atoms with van der Waals surface area (Å²) in [6, 6.07) is 0. The van der Waals surface area contributed by atoms with E-state index < -0.39 is 20.6 Å². The average Bonchev–Trinajstić information content (AvgIpc) is 2.87. The Labute approximate surface area is 239 Å². The van der Waals surface area contributed by atoms with Gasteiger partial charge in [-0.15, -0.1) is 6.58 Å². The van der Waals surface area contributed by atoms with Gasteiger partial charge in [0.2, 0.25) is 9.04 Å². The Hall–Kier alpha value is -1.66. The number of hydrogen-bond acceptors (Lipinski definition) is 5. The molecule has 39 heavy (non-hydrogen) atoms. The zero-order valence-electron chi connectivity index (χ0n) is 25.8. The summed E-state index contributed by atoms with van der Waals surface area (Å²) in [5.41, 5.74) is 0.755. The van der Waals surface area contributed by atoms with Crippen LogP contribution in [0.5, 0.6) is 0 Å². The van der Waals surface area contributed by atoms with E-state index in [1.165, 1.54) is 5.57 Å². The van der Waals surface area contributed by atoms with Gasteiger partial charge in [-0.3, -0.25) is 4.79 Å². The van der Waals surface area contributed by atoms with Gasteiger partial charge in [0, 0.05) is 11.8 Å². The van der Waals surface area contributed by atoms with Crippen molar-refractivity contribution >= 4 is 21.0 Å². The first-order valence-electron chi connectivity index (χ1n) is 15.2. The maximum atomic E-state index is 13.6. The lowest BCUT2D eigenvalue weighted by molar-refractivity contribution is -0.177. The lowest BCUT2D eigenvalue weighted by Gasteiger charge is -2.44. The van der Waals surface area contributed by atoms with Gasteiger partial charge >= 0.3 is 11.9 Å². The maximum Gasteiger partial charge on any atom is 0.334 e. The van der Waals surface area contributed by atoms with Crippen LogP contribution in [-0.2, 0) is 23.5 Å². The topological polar surface area (TPSA) is 61.8 Å². The summed E-state index contributed by atoms with van der Waals surface area (Å²) in [7, 11) is -1.02. The summed E-state index contributed by atoms with van der Waals surface area (Å²) >= 11 is 0. The molecule has 0 aromatic rings. The molecule has 219 valence electrons. The van der Waals surface area contributed by atoms with Crippen LogP contribution in [0.4, 0.5) is 0 Å². The number of allylic oxidation sites excluding steroid dienone is 4. The van der Waals surface area contributed by atoms with Crippen molar-refractivity contribution in [1.29, 1.82) is 0 Å². The molecule has 0 N–H and O–H groups in total. The minimum Gasteiger partial charge on any atom is -0.461 e. The van der Waals surface area contributed by atoms with E-state index in [0.29, 0.717) is 18.3 Å². The predicted octanol–water partition coefficient (Wildman–Crippen LogP) is 7.83. The van der Waals surface area contributed by atoms with Crippen LogP contribution in [0.2, 0.25) is 13.1 Å². The van der Waals surface area contributed by atoms with E-state index in [0.717, 1.165) is 44.9 Å². The Kier molecular flexibility index (Phi) is 10.9. The minimum atomic E-state index is -1.02. The Morgan fingerprint density at radius 3 is 2.49 bits per heavy atom. The summed E-state index contributed by atoms with van der Waals surface area (Å²) in [5, 5.41) is 0. The first-order valence-corrected chi connectivity index (χ1v) is 17.6. The molecular formula is C33H53O5Si. The number of hydrogen-bond donors (Lipinski definition) is 0. The summed E-state index contributed by atoms with van der Waals surface area (Å²) in [4.78, 5) is 26.7. The molecule has 3 aliphatic rings. The number of rotatable bonds is 11. The van der Waals surface area contributed by atoms with Gasteiger partial charge < -0.3 is 13.9 Å². The molecule has 0 aromatic carbocycles. The van der Waals surface area contributed by atoms with Crippen molar-refractivity contribution in [3.05, 3.63) is 36.5 Å². The fraction of sp³-hybridized carbons (Fsp3) is 0.758. The molecule has 2 aliphatic carbocycles. The van der Waals surface area contributed by atoms with Crippen LogP contribution < -0.4 is 0 Å². The largest absolute Gasteiger partial charge is 0.461 e. The third-order valence-electron chi connectivity index (χ3n) is 9.62. The normalized spacial score (nSPS) is 31.4. The summed E-state index contributed by atoms with van der Waals surface area (Å²) in [5.74, 6) is 0.729. The van der Waals surface area contributed by atoms with Crippen LogP contribution in [0.25, 0.3) is 0 Å². The summed E-state index contributed by atoms with van der Waals surface area (Å²) < 4.78 is 18.5. The average molecular weight is 558 g/mol. The lowest BCUT2D eigenvalue weighted by Crippen LogP contribution is -2.50. The van der Waals surface area contributed by atoms with Gasteiger partial charge in [0.25, 0.3) is 0 Å². The van der Waals surface area contributed by atoms with Crippen molar-refractivity contribution in [2.75, 3.05) is 0 Å². The molecule has 0 aromatic heterocycles. The molecule has 1 heterocycles. The van der Waals surface area contributed by atoms with E-state index >= 15 is 0 Å². The highest BCUT2D eigenvalue weighted by Gasteiger charge is 2.47. The molecule has 1 radical (unpaired) electrons. The van der Waals surface area contributed by atoms with E-state index in [1.54, 1.807) is 0 Å². The Bertz CT molecular complexity index is 925. The smallest absolute Gasteiger partial charge is 0.334 e. The predicted molar refractivity (Wildman–Crippen MR) is 159 cm³/mol. The van der Waals surface area contributed by atoms with Gasteiger partial charge in [0.15, 0.2) is 0 Å². The molecule has 5 nitrogen and oxygen atoms in total. The van der Waals surface area contributed by atoms with Gasteiger partial charge in [0.05, 0.1) is 5.41 Å². The van der Waals surface area contributed by atoms with Crippen molar-refractivity contribution in [3.8, 4) is 0 Å². The van der Waals surface area contributed by atoms with E-state index in [2.05, 4.69) is 79.4 Å². The minimum absolute atomic E-state index is 0.0460. The molecule has 1 fully saturated rings. The second-order valence-electron chi connectivity index (χ2n) is 13.4. The van der Waals surface area contributed by atoms with Gasteiger partial charge in [0.1, 0.15) is 18.3 Å². The molecule has 0 spiro atoms. The monoisotopic (exact) mass is 557 g/mol. The zero-order chi connectivity index (χ0) is 29.0. The number of esters is 2. The van der Waals surface area contributed by atoms with Crippen LogP contribution >= 0.6 is 0 Å². The molecule has 0 amide bonds. The van der Waals surface area contributed by atoms with Crippen LogP contribution in [0, 0.1) is 34.5 Å². The molecular weight excluding hydrogens is 504 g/mol. The quantitative estimate of drug-likeness (QED) is 0.147. The second-order valence-corrected chi connectivity index (χ2v) is 15.5. The second kappa shape index (κ2) is 13.3. The van der Waals surface area contributed by atoms with Gasteiger partial charge in [-0.05, 0) is 87.3 Å². The van der Waals surface area contributed by atoms with Gasteiger partial charge in [-0.1, -0.05) is 65.8 Å². The summed E-state index contributed by atoms with van der Waals surface area (Å²) in [6.07, 6.45) is 14.5. The van der Waals surface area contributed by atoms with E-state index in [4.69, 9.17) is 13.9 Å². The first-order chi connectivity index (χ1) is 18.4. The number of carbonyl (C=O) groups is 2. The van der Waals surface area contributed by atoms with Crippen molar-refractivity contribution < 1.29 is 23.5 Å². The van der Waals surface area contributed by atoms with E-state index in [1.807, 2.05) is 6.08 Å². The van der Waals surface area contributed by atoms with Crippen molar-refractivity contribution in [1.82, 2.24) is 0 Å². The number of ether oxygens (including phenoxy) is 2. The number of carbonyl (C=O) groups excluding carboxylic acids is 2. The number of cyclic esters (lactones) is 1. The third kappa shape index (κ3) is 7.35. The third-order valence-corrected chi connectivity index (χ3v) is 10.3. The molecule has 3 rings (SSSR count). The van der Waals surface area contributed by atoms with E-state index in [-0.39, 0.29) is 41.4 Å². The first kappa shape index (κ1) is 31.9. The molecule has 7 atom stereocenters. The fourth-order valence-electron chi connectivity index (χ4n) is 7.00. The molecule has 0 bridgehead atoms. The number of fused-ring (bicyclic) bond motifs is 1. The summed E-state index contributed by atoms with van der Waals surface area (Å²) in [6.45, 7) is 21.1. The van der Waals surface area contributed by atoms with Gasteiger partial charge in [-0.2, -0.15) is 0 Å². The zero-order valence-corrected chi connectivity index (χ0v) is 26.8. The SMILES string of the molecule is C=CCC(CC)(CC)C(=O)O[C@H]1CCC=C2C=C[C@H](C)[C@H](CC[C@@H]3C[C@H](C(C)(C)C)C(O[Si](C)C)C(=O)O3)[C@H]21. The lowest BCUT2D eigenvalue weighted by atomic mass is 9.66.